The summed E-state index contributed by atoms with van der Waals surface area (Å²) in [6, 6.07) is 0.359. The summed E-state index contributed by atoms with van der Waals surface area (Å²) in [5.74, 6) is 0.715. The van der Waals surface area contributed by atoms with E-state index in [9.17, 15) is 0 Å². The number of hydrogen-bond donors (Lipinski definition) is 2. The van der Waals surface area contributed by atoms with Gasteiger partial charge in [-0.3, -0.25) is 5.41 Å². The number of rotatable bonds is 7. The number of nitrogen functional groups attached to an aromatic ring is 1. The van der Waals surface area contributed by atoms with E-state index in [0.29, 0.717) is 18.3 Å². The van der Waals surface area contributed by atoms with Crippen molar-refractivity contribution in [3.05, 3.63) is 18.1 Å². The zero-order valence-corrected chi connectivity index (χ0v) is 11.2. The molecule has 0 spiro atoms. The maximum Gasteiger partial charge on any atom is 0.147 e. The number of anilines is 1. The average Bonchev–Trinajstić information content (AvgIpc) is 2.39. The van der Waals surface area contributed by atoms with Crippen molar-refractivity contribution in [2.45, 2.75) is 26.3 Å². The van der Waals surface area contributed by atoms with Gasteiger partial charge in [-0.25, -0.2) is 9.97 Å². The van der Waals surface area contributed by atoms with Crippen LogP contribution in [0.2, 0.25) is 0 Å². The van der Waals surface area contributed by atoms with E-state index in [2.05, 4.69) is 28.7 Å². The first-order chi connectivity index (χ1) is 8.60. The second kappa shape index (κ2) is 6.90. The van der Waals surface area contributed by atoms with Gasteiger partial charge in [0, 0.05) is 19.7 Å². The van der Waals surface area contributed by atoms with Crippen molar-refractivity contribution in [1.82, 2.24) is 9.97 Å². The summed E-state index contributed by atoms with van der Waals surface area (Å²) in [6.07, 6.45) is 4.19. The molecule has 0 aliphatic carbocycles. The third-order valence-corrected chi connectivity index (χ3v) is 2.87. The van der Waals surface area contributed by atoms with E-state index in [1.165, 1.54) is 6.20 Å². The van der Waals surface area contributed by atoms with Gasteiger partial charge in [0.1, 0.15) is 17.3 Å². The molecule has 6 nitrogen and oxygen atoms in total. The van der Waals surface area contributed by atoms with Crippen LogP contribution >= 0.6 is 0 Å². The van der Waals surface area contributed by atoms with Crippen molar-refractivity contribution >= 4 is 11.7 Å². The minimum Gasteiger partial charge on any atom is -0.383 e. The minimum atomic E-state index is -0.0685. The fourth-order valence-corrected chi connectivity index (χ4v) is 1.58. The van der Waals surface area contributed by atoms with Crippen molar-refractivity contribution in [2.24, 2.45) is 5.73 Å². The first-order valence-electron chi connectivity index (χ1n) is 6.02. The molecule has 1 atom stereocenters. The molecule has 18 heavy (non-hydrogen) atoms. The number of hydrogen-bond acceptors (Lipinski definition) is 5. The number of methoxy groups -OCH3 is 1. The molecule has 0 bridgehead atoms. The van der Waals surface area contributed by atoms with Crippen LogP contribution in [0.4, 0.5) is 5.82 Å². The fourth-order valence-electron chi connectivity index (χ4n) is 1.58. The molecule has 0 saturated heterocycles. The largest absolute Gasteiger partial charge is 0.383 e. The van der Waals surface area contributed by atoms with Crippen LogP contribution in [0.1, 0.15) is 26.0 Å². The van der Waals surface area contributed by atoms with Crippen molar-refractivity contribution in [3.8, 4) is 0 Å². The van der Waals surface area contributed by atoms with Crippen molar-refractivity contribution in [3.63, 3.8) is 0 Å². The Morgan fingerprint density at radius 1 is 1.50 bits per heavy atom. The lowest BCUT2D eigenvalue weighted by Gasteiger charge is -2.29. The van der Waals surface area contributed by atoms with Crippen LogP contribution in [0.15, 0.2) is 12.4 Å². The van der Waals surface area contributed by atoms with Gasteiger partial charge in [0.05, 0.1) is 19.0 Å². The monoisotopic (exact) mass is 251 g/mol. The van der Waals surface area contributed by atoms with E-state index >= 15 is 0 Å². The summed E-state index contributed by atoms with van der Waals surface area (Å²) >= 11 is 0. The van der Waals surface area contributed by atoms with E-state index in [1.54, 1.807) is 13.3 Å². The summed E-state index contributed by atoms with van der Waals surface area (Å²) in [7, 11) is 1.68. The molecule has 0 amide bonds. The Labute approximate surface area is 108 Å². The molecule has 6 heteroatoms. The molecule has 1 rings (SSSR count). The first-order valence-corrected chi connectivity index (χ1v) is 6.02. The molecule has 0 saturated carbocycles. The Balaban J connectivity index is 2.87. The SMILES string of the molecule is CCC(C)N(CCOC)c1cnc(C(=N)N)cn1. The normalized spacial score (nSPS) is 12.2. The zero-order chi connectivity index (χ0) is 13.5. The third kappa shape index (κ3) is 3.66. The Hall–Kier alpha value is -1.69. The summed E-state index contributed by atoms with van der Waals surface area (Å²) in [5.41, 5.74) is 5.75. The molecule has 100 valence electrons. The quantitative estimate of drug-likeness (QED) is 0.558. The number of nitrogens with two attached hydrogens (primary N) is 1. The number of ether oxygens (including phenoxy) is 1. The van der Waals surface area contributed by atoms with E-state index < -0.39 is 0 Å². The predicted molar refractivity (Wildman–Crippen MR) is 72.0 cm³/mol. The lowest BCUT2D eigenvalue weighted by molar-refractivity contribution is 0.203. The van der Waals surface area contributed by atoms with Gasteiger partial charge in [-0.05, 0) is 13.3 Å². The van der Waals surface area contributed by atoms with Gasteiger partial charge in [-0.15, -0.1) is 0 Å². The molecule has 0 aliphatic heterocycles. The van der Waals surface area contributed by atoms with Crippen LogP contribution in [0.3, 0.4) is 0 Å². The molecule has 0 aromatic carbocycles. The van der Waals surface area contributed by atoms with Gasteiger partial charge in [-0.2, -0.15) is 0 Å². The van der Waals surface area contributed by atoms with Gasteiger partial charge < -0.3 is 15.4 Å². The summed E-state index contributed by atoms with van der Waals surface area (Å²) in [5, 5.41) is 7.29. The smallest absolute Gasteiger partial charge is 0.147 e. The number of nitrogens with one attached hydrogen (secondary N) is 1. The minimum absolute atomic E-state index is 0.0685. The number of aromatic nitrogens is 2. The van der Waals surface area contributed by atoms with E-state index in [0.717, 1.165) is 18.8 Å². The molecular formula is C12H21N5O. The highest BCUT2D eigenvalue weighted by Crippen LogP contribution is 2.14. The van der Waals surface area contributed by atoms with Gasteiger partial charge in [-0.1, -0.05) is 6.92 Å². The Bertz CT molecular complexity index is 379. The maximum absolute atomic E-state index is 7.29. The van der Waals surface area contributed by atoms with Crippen molar-refractivity contribution < 1.29 is 4.74 Å². The summed E-state index contributed by atoms with van der Waals surface area (Å²) in [6.45, 7) is 5.66. The molecule has 1 heterocycles. The summed E-state index contributed by atoms with van der Waals surface area (Å²) < 4.78 is 5.11. The maximum atomic E-state index is 7.29. The van der Waals surface area contributed by atoms with E-state index in [1.807, 2.05) is 0 Å². The molecule has 0 fully saturated rings. The van der Waals surface area contributed by atoms with Crippen LogP contribution in [-0.2, 0) is 4.74 Å². The Morgan fingerprint density at radius 3 is 2.67 bits per heavy atom. The number of nitrogens with zero attached hydrogens (tertiary/aromatic N) is 3. The van der Waals surface area contributed by atoms with Crippen LogP contribution in [0.5, 0.6) is 0 Å². The van der Waals surface area contributed by atoms with Gasteiger partial charge in [0.2, 0.25) is 0 Å². The number of amidine groups is 1. The predicted octanol–water partition coefficient (Wildman–Crippen LogP) is 1.01. The first kappa shape index (κ1) is 14.4. The fraction of sp³-hybridized carbons (Fsp3) is 0.583. The lowest BCUT2D eigenvalue weighted by atomic mass is 10.2. The van der Waals surface area contributed by atoms with E-state index in [-0.39, 0.29) is 5.84 Å². The van der Waals surface area contributed by atoms with Gasteiger partial charge in [0.15, 0.2) is 0 Å². The zero-order valence-electron chi connectivity index (χ0n) is 11.2. The molecule has 1 unspecified atom stereocenters. The van der Waals surface area contributed by atoms with E-state index in [4.69, 9.17) is 15.9 Å². The highest BCUT2D eigenvalue weighted by molar-refractivity contribution is 5.92. The second-order valence-corrected chi connectivity index (χ2v) is 4.12. The molecule has 0 radical (unpaired) electrons. The van der Waals surface area contributed by atoms with Gasteiger partial charge >= 0.3 is 0 Å². The summed E-state index contributed by atoms with van der Waals surface area (Å²) in [4.78, 5) is 10.6. The third-order valence-electron chi connectivity index (χ3n) is 2.87. The van der Waals surface area contributed by atoms with Crippen LogP contribution in [0, 0.1) is 5.41 Å². The Kier molecular flexibility index (Phi) is 5.51. The molecule has 0 aliphatic rings. The van der Waals surface area contributed by atoms with Crippen LogP contribution in [-0.4, -0.2) is 42.1 Å². The average molecular weight is 251 g/mol. The van der Waals surface area contributed by atoms with Crippen molar-refractivity contribution in [2.75, 3.05) is 25.2 Å². The second-order valence-electron chi connectivity index (χ2n) is 4.12. The van der Waals surface area contributed by atoms with Gasteiger partial charge in [0.25, 0.3) is 0 Å². The van der Waals surface area contributed by atoms with Crippen molar-refractivity contribution in [1.29, 1.82) is 5.41 Å². The Morgan fingerprint density at radius 2 is 2.22 bits per heavy atom. The lowest BCUT2D eigenvalue weighted by Crippen LogP contribution is -2.36. The highest BCUT2D eigenvalue weighted by atomic mass is 16.5. The molecule has 1 aromatic heterocycles. The van der Waals surface area contributed by atoms with Crippen LogP contribution < -0.4 is 10.6 Å². The molecular weight excluding hydrogens is 230 g/mol. The highest BCUT2D eigenvalue weighted by Gasteiger charge is 2.14. The van der Waals surface area contributed by atoms with Crippen LogP contribution in [0.25, 0.3) is 0 Å². The molecule has 3 N–H and O–H groups in total. The topological polar surface area (TPSA) is 88.1 Å². The standard InChI is InChI=1S/C12H21N5O/c1-4-9(2)17(5-6-18-3)11-8-15-10(7-16-11)12(13)14/h7-9H,4-6H2,1-3H3,(H3,13,14). The molecule has 1 aromatic rings.